The fourth-order valence-corrected chi connectivity index (χ4v) is 4.11. The van der Waals surface area contributed by atoms with Crippen molar-refractivity contribution >= 4 is 37.6 Å². The quantitative estimate of drug-likeness (QED) is 0.433. The lowest BCUT2D eigenvalue weighted by molar-refractivity contribution is -0.154. The number of esters is 1. The van der Waals surface area contributed by atoms with E-state index in [1.165, 1.54) is 69.5 Å². The molecule has 0 heterocycles. The summed E-state index contributed by atoms with van der Waals surface area (Å²) < 4.78 is 59.5. The predicted molar refractivity (Wildman–Crippen MR) is 115 cm³/mol. The highest BCUT2D eigenvalue weighted by Gasteiger charge is 2.26. The Morgan fingerprint density at radius 3 is 1.94 bits per heavy atom. The minimum atomic E-state index is -4.02. The van der Waals surface area contributed by atoms with Gasteiger partial charge < -0.3 is 14.8 Å². The molecule has 1 unspecified atom stereocenters. The number of nitrogens with two attached hydrogens (primary N) is 1. The summed E-state index contributed by atoms with van der Waals surface area (Å²) in [5.74, 6) is -1.20. The molecule has 0 aliphatic rings. The maximum absolute atomic E-state index is 12.4. The summed E-state index contributed by atoms with van der Waals surface area (Å²) in [5.41, 5.74) is 0.249. The van der Waals surface area contributed by atoms with Crippen LogP contribution in [-0.4, -0.2) is 48.0 Å². The highest BCUT2D eigenvalue weighted by molar-refractivity contribution is 7.89. The van der Waals surface area contributed by atoms with E-state index in [9.17, 15) is 26.4 Å². The van der Waals surface area contributed by atoms with Gasteiger partial charge in [-0.2, -0.15) is 4.72 Å². The Balaban J connectivity index is 1.95. The van der Waals surface area contributed by atoms with Crippen molar-refractivity contribution in [2.24, 2.45) is 5.14 Å². The van der Waals surface area contributed by atoms with E-state index in [0.29, 0.717) is 5.75 Å². The lowest BCUT2D eigenvalue weighted by Gasteiger charge is -2.18. The number of carbonyl (C=O) groups excluding carboxylic acids is 2. The molecule has 0 saturated heterocycles. The highest BCUT2D eigenvalue weighted by Crippen LogP contribution is 2.16. The van der Waals surface area contributed by atoms with Crippen molar-refractivity contribution < 1.29 is 35.9 Å². The largest absolute Gasteiger partial charge is 0.497 e. The van der Waals surface area contributed by atoms with Crippen LogP contribution in [0.15, 0.2) is 58.3 Å². The smallest absolute Gasteiger partial charge is 0.324 e. The zero-order valence-electron chi connectivity index (χ0n) is 17.4. The van der Waals surface area contributed by atoms with E-state index >= 15 is 0 Å². The number of hydrogen-bond acceptors (Lipinski definition) is 8. The molecule has 0 aliphatic carbocycles. The number of amides is 1. The maximum Gasteiger partial charge on any atom is 0.324 e. The minimum Gasteiger partial charge on any atom is -0.497 e. The van der Waals surface area contributed by atoms with Crippen LogP contribution in [0.3, 0.4) is 0 Å². The van der Waals surface area contributed by atoms with Crippen LogP contribution in [0.4, 0.5) is 5.69 Å². The number of sulfonamides is 2. The number of nitrogens with one attached hydrogen (secondary N) is 2. The van der Waals surface area contributed by atoms with Crippen LogP contribution in [0.2, 0.25) is 0 Å². The van der Waals surface area contributed by atoms with Crippen molar-refractivity contribution in [2.75, 3.05) is 12.4 Å². The third kappa shape index (κ3) is 6.75. The Labute approximate surface area is 186 Å². The van der Waals surface area contributed by atoms with Crippen LogP contribution >= 0.6 is 0 Å². The molecular weight excluding hydrogens is 462 g/mol. The molecule has 0 bridgehead atoms. The molecule has 11 nitrogen and oxygen atoms in total. The molecule has 174 valence electrons. The van der Waals surface area contributed by atoms with Crippen LogP contribution in [0, 0.1) is 0 Å². The van der Waals surface area contributed by atoms with Gasteiger partial charge in [0.25, 0.3) is 5.91 Å². The molecule has 0 aliphatic heterocycles. The van der Waals surface area contributed by atoms with Gasteiger partial charge in [-0.25, -0.2) is 22.0 Å². The van der Waals surface area contributed by atoms with E-state index in [4.69, 9.17) is 14.6 Å². The van der Waals surface area contributed by atoms with Crippen LogP contribution in [0.25, 0.3) is 0 Å². The first-order chi connectivity index (χ1) is 14.8. The number of anilines is 1. The predicted octanol–water partition coefficient (Wildman–Crippen LogP) is 0.580. The number of benzene rings is 2. The van der Waals surface area contributed by atoms with Gasteiger partial charge in [0, 0.05) is 5.69 Å². The van der Waals surface area contributed by atoms with E-state index in [1.807, 2.05) is 0 Å². The van der Waals surface area contributed by atoms with E-state index < -0.39 is 44.1 Å². The van der Waals surface area contributed by atoms with Gasteiger partial charge in [-0.1, -0.05) is 0 Å². The summed E-state index contributed by atoms with van der Waals surface area (Å²) >= 11 is 0. The molecule has 2 aromatic carbocycles. The third-order valence-electron chi connectivity index (χ3n) is 4.17. The molecule has 0 fully saturated rings. The topological polar surface area (TPSA) is 171 Å². The van der Waals surface area contributed by atoms with Crippen molar-refractivity contribution in [1.29, 1.82) is 0 Å². The number of carbonyl (C=O) groups is 2. The summed E-state index contributed by atoms with van der Waals surface area (Å²) in [4.78, 5) is 24.3. The van der Waals surface area contributed by atoms with Crippen LogP contribution in [-0.2, 0) is 34.4 Å². The maximum atomic E-state index is 12.4. The summed E-state index contributed by atoms with van der Waals surface area (Å²) in [6.07, 6.45) is -1.26. The Morgan fingerprint density at radius 1 is 0.906 bits per heavy atom. The lowest BCUT2D eigenvalue weighted by atomic mass is 10.3. The standard InChI is InChI=1S/C19H23N3O8S2/c1-12(22-32(27,28)17-10-6-15(29-3)7-11-17)19(24)30-13(2)18(23)21-14-4-8-16(9-5-14)31(20,25)26/h4-13,22H,1-3H3,(H,21,23)(H2,20,25,26)/t12-,13?/m0/s1. The number of primary sulfonamides is 1. The molecular formula is C19H23N3O8S2. The number of rotatable bonds is 9. The van der Waals surface area contributed by atoms with E-state index in [0.717, 1.165) is 0 Å². The second-order valence-corrected chi connectivity index (χ2v) is 9.93. The molecule has 1 amide bonds. The molecule has 4 N–H and O–H groups in total. The molecule has 0 aromatic heterocycles. The zero-order valence-corrected chi connectivity index (χ0v) is 19.1. The summed E-state index contributed by atoms with van der Waals surface area (Å²) in [5, 5.41) is 7.45. The number of ether oxygens (including phenoxy) is 2. The molecule has 0 radical (unpaired) electrons. The Bertz CT molecular complexity index is 1180. The molecule has 2 aromatic rings. The van der Waals surface area contributed by atoms with E-state index in [2.05, 4.69) is 10.0 Å². The molecule has 0 spiro atoms. The van der Waals surface area contributed by atoms with Gasteiger partial charge in [-0.05, 0) is 62.4 Å². The number of methoxy groups -OCH3 is 1. The molecule has 13 heteroatoms. The van der Waals surface area contributed by atoms with Crippen molar-refractivity contribution in [3.8, 4) is 5.75 Å². The summed E-state index contributed by atoms with van der Waals surface area (Å²) in [6, 6.07) is 9.32. The Morgan fingerprint density at radius 2 is 1.44 bits per heavy atom. The SMILES string of the molecule is COc1ccc(S(=O)(=O)N[C@@H](C)C(=O)OC(C)C(=O)Nc2ccc(S(N)(=O)=O)cc2)cc1. The molecule has 2 rings (SSSR count). The lowest BCUT2D eigenvalue weighted by Crippen LogP contribution is -2.42. The fourth-order valence-electron chi connectivity index (χ4n) is 2.41. The van der Waals surface area contributed by atoms with Crippen LogP contribution < -0.4 is 19.9 Å². The Hall–Kier alpha value is -3.00. The van der Waals surface area contributed by atoms with Crippen LogP contribution in [0.5, 0.6) is 5.75 Å². The first-order valence-corrected chi connectivity index (χ1v) is 12.2. The molecule has 0 saturated carbocycles. The minimum absolute atomic E-state index is 0.0771. The summed E-state index contributed by atoms with van der Waals surface area (Å²) in [6.45, 7) is 2.58. The van der Waals surface area contributed by atoms with Gasteiger partial charge >= 0.3 is 5.97 Å². The highest BCUT2D eigenvalue weighted by atomic mass is 32.2. The van der Waals surface area contributed by atoms with Crippen molar-refractivity contribution in [1.82, 2.24) is 4.72 Å². The van der Waals surface area contributed by atoms with Gasteiger partial charge in [-0.3, -0.25) is 9.59 Å². The monoisotopic (exact) mass is 485 g/mol. The zero-order chi connectivity index (χ0) is 24.1. The fraction of sp³-hybridized carbons (Fsp3) is 0.263. The van der Waals surface area contributed by atoms with Gasteiger partial charge in [-0.15, -0.1) is 0 Å². The average Bonchev–Trinajstić information content (AvgIpc) is 2.73. The van der Waals surface area contributed by atoms with E-state index in [1.54, 1.807) is 0 Å². The third-order valence-corrected chi connectivity index (χ3v) is 6.65. The van der Waals surface area contributed by atoms with Gasteiger partial charge in [0.05, 0.1) is 16.9 Å². The van der Waals surface area contributed by atoms with E-state index in [-0.39, 0.29) is 15.5 Å². The second-order valence-electron chi connectivity index (χ2n) is 6.66. The van der Waals surface area contributed by atoms with Gasteiger partial charge in [0.2, 0.25) is 20.0 Å². The summed E-state index contributed by atoms with van der Waals surface area (Å²) in [7, 11) is -6.45. The second kappa shape index (κ2) is 10.1. The van der Waals surface area contributed by atoms with Gasteiger partial charge in [0.15, 0.2) is 6.10 Å². The van der Waals surface area contributed by atoms with Crippen molar-refractivity contribution in [3.05, 3.63) is 48.5 Å². The molecule has 32 heavy (non-hydrogen) atoms. The average molecular weight is 486 g/mol. The van der Waals surface area contributed by atoms with Crippen molar-refractivity contribution in [2.45, 2.75) is 35.8 Å². The van der Waals surface area contributed by atoms with Gasteiger partial charge in [0.1, 0.15) is 11.8 Å². The first kappa shape index (κ1) is 25.3. The number of hydrogen-bond donors (Lipinski definition) is 3. The Kier molecular flexibility index (Phi) is 7.96. The first-order valence-electron chi connectivity index (χ1n) is 9.14. The van der Waals surface area contributed by atoms with Crippen molar-refractivity contribution in [3.63, 3.8) is 0 Å². The molecule has 2 atom stereocenters. The normalized spacial score (nSPS) is 13.6. The van der Waals surface area contributed by atoms with Crippen LogP contribution in [0.1, 0.15) is 13.8 Å².